The van der Waals surface area contributed by atoms with Crippen molar-refractivity contribution in [3.8, 4) is 5.75 Å². The van der Waals surface area contributed by atoms with Crippen molar-refractivity contribution in [2.24, 2.45) is 5.92 Å². The molecule has 2 aliphatic rings. The first-order chi connectivity index (χ1) is 14.1. The Morgan fingerprint density at radius 3 is 3.00 bits per heavy atom. The number of ether oxygens (including phenoxy) is 2. The normalized spacial score (nSPS) is 27.1. The largest absolute Gasteiger partial charge is 0.497 e. The van der Waals surface area contributed by atoms with E-state index in [1.54, 1.807) is 19.5 Å². The van der Waals surface area contributed by atoms with Crippen molar-refractivity contribution in [3.63, 3.8) is 0 Å². The van der Waals surface area contributed by atoms with Crippen LogP contribution >= 0.6 is 0 Å². The van der Waals surface area contributed by atoms with E-state index in [4.69, 9.17) is 9.47 Å². The number of amides is 1. The molecule has 4 rings (SSSR count). The lowest BCUT2D eigenvalue weighted by Gasteiger charge is -2.44. The van der Waals surface area contributed by atoms with Gasteiger partial charge in [-0.15, -0.1) is 0 Å². The zero-order valence-corrected chi connectivity index (χ0v) is 17.1. The first-order valence-corrected chi connectivity index (χ1v) is 10.3. The number of likely N-dealkylation sites (tertiary alicyclic amines) is 1. The van der Waals surface area contributed by atoms with Crippen molar-refractivity contribution in [1.82, 2.24) is 9.88 Å². The van der Waals surface area contributed by atoms with Gasteiger partial charge in [0.25, 0.3) is 5.91 Å². The van der Waals surface area contributed by atoms with Crippen molar-refractivity contribution in [1.29, 1.82) is 0 Å². The van der Waals surface area contributed by atoms with Crippen LogP contribution in [0.25, 0.3) is 0 Å². The van der Waals surface area contributed by atoms with Gasteiger partial charge in [-0.2, -0.15) is 0 Å². The minimum absolute atomic E-state index is 0.0686. The molecular weight excluding hydrogens is 366 g/mol. The summed E-state index contributed by atoms with van der Waals surface area (Å²) >= 11 is 0. The molecule has 6 heteroatoms. The van der Waals surface area contributed by atoms with Crippen LogP contribution in [0.15, 0.2) is 48.8 Å². The van der Waals surface area contributed by atoms with Gasteiger partial charge in [-0.1, -0.05) is 19.1 Å². The summed E-state index contributed by atoms with van der Waals surface area (Å²) < 4.78 is 11.7. The molecule has 0 saturated carbocycles. The molecule has 1 spiro atoms. The summed E-state index contributed by atoms with van der Waals surface area (Å²) in [5.41, 5.74) is 1.78. The van der Waals surface area contributed by atoms with E-state index in [0.29, 0.717) is 11.6 Å². The van der Waals surface area contributed by atoms with E-state index in [-0.39, 0.29) is 17.6 Å². The number of nitrogens with zero attached hydrogens (tertiary/aromatic N) is 2. The van der Waals surface area contributed by atoms with Gasteiger partial charge in [0.2, 0.25) is 0 Å². The number of piperidine rings is 1. The molecule has 29 heavy (non-hydrogen) atoms. The van der Waals surface area contributed by atoms with Crippen LogP contribution in [0.4, 0.5) is 5.69 Å². The van der Waals surface area contributed by atoms with E-state index < -0.39 is 0 Å². The molecule has 6 nitrogen and oxygen atoms in total. The Labute approximate surface area is 172 Å². The number of pyridine rings is 1. The number of aromatic nitrogens is 1. The highest BCUT2D eigenvalue weighted by Crippen LogP contribution is 2.42. The van der Waals surface area contributed by atoms with Gasteiger partial charge in [-0.3, -0.25) is 14.7 Å². The number of methoxy groups -OCH3 is 1. The number of carbonyl (C=O) groups excluding carboxylic acids is 1. The predicted octanol–water partition coefficient (Wildman–Crippen LogP) is 3.49. The third-order valence-electron chi connectivity index (χ3n) is 6.25. The van der Waals surface area contributed by atoms with Gasteiger partial charge < -0.3 is 14.8 Å². The lowest BCUT2D eigenvalue weighted by Crippen LogP contribution is -2.51. The SMILES string of the molecule is COc1cccc(CN2CCC3(CCC(C(=O)Nc4cccnc4)O3)C(C)C2)c1. The van der Waals surface area contributed by atoms with E-state index in [1.165, 1.54) is 5.56 Å². The van der Waals surface area contributed by atoms with Crippen molar-refractivity contribution in [2.75, 3.05) is 25.5 Å². The Morgan fingerprint density at radius 2 is 2.24 bits per heavy atom. The molecule has 3 atom stereocenters. The van der Waals surface area contributed by atoms with Gasteiger partial charge in [-0.05, 0) is 55.0 Å². The summed E-state index contributed by atoms with van der Waals surface area (Å²) in [6.45, 7) is 5.09. The van der Waals surface area contributed by atoms with Gasteiger partial charge in [0, 0.05) is 25.8 Å². The quantitative estimate of drug-likeness (QED) is 0.840. The maximum atomic E-state index is 12.6. The molecule has 2 fully saturated rings. The number of benzene rings is 1. The lowest BCUT2D eigenvalue weighted by molar-refractivity contribution is -0.143. The van der Waals surface area contributed by atoms with Crippen LogP contribution in [-0.2, 0) is 16.1 Å². The highest BCUT2D eigenvalue weighted by Gasteiger charge is 2.48. The molecule has 2 aliphatic heterocycles. The molecule has 2 aromatic rings. The van der Waals surface area contributed by atoms with Crippen LogP contribution < -0.4 is 10.1 Å². The van der Waals surface area contributed by atoms with Crippen molar-refractivity contribution < 1.29 is 14.3 Å². The average Bonchev–Trinajstić information content (AvgIpc) is 3.17. The molecule has 1 aromatic heterocycles. The van der Waals surface area contributed by atoms with Gasteiger partial charge in [-0.25, -0.2) is 0 Å². The maximum absolute atomic E-state index is 12.6. The van der Waals surface area contributed by atoms with Crippen LogP contribution in [-0.4, -0.2) is 47.7 Å². The number of hydrogen-bond donors (Lipinski definition) is 1. The van der Waals surface area contributed by atoms with Crippen LogP contribution in [0.3, 0.4) is 0 Å². The van der Waals surface area contributed by atoms with Gasteiger partial charge >= 0.3 is 0 Å². The fourth-order valence-electron chi connectivity index (χ4n) is 4.58. The average molecular weight is 396 g/mol. The first kappa shape index (κ1) is 19.9. The van der Waals surface area contributed by atoms with E-state index in [2.05, 4.69) is 34.3 Å². The number of carbonyl (C=O) groups is 1. The third kappa shape index (κ3) is 4.43. The Morgan fingerprint density at radius 1 is 1.34 bits per heavy atom. The molecule has 1 aromatic carbocycles. The van der Waals surface area contributed by atoms with Crippen molar-refractivity contribution in [3.05, 3.63) is 54.4 Å². The molecule has 1 N–H and O–H groups in total. The zero-order valence-electron chi connectivity index (χ0n) is 17.1. The van der Waals surface area contributed by atoms with E-state index in [0.717, 1.165) is 44.6 Å². The van der Waals surface area contributed by atoms with Crippen LogP contribution in [0, 0.1) is 5.92 Å². The molecule has 0 aliphatic carbocycles. The third-order valence-corrected chi connectivity index (χ3v) is 6.25. The summed E-state index contributed by atoms with van der Waals surface area (Å²) in [5.74, 6) is 1.20. The molecule has 3 heterocycles. The predicted molar refractivity (Wildman–Crippen MR) is 112 cm³/mol. The molecule has 1 amide bonds. The number of nitrogens with one attached hydrogen (secondary N) is 1. The molecule has 0 bridgehead atoms. The van der Waals surface area contributed by atoms with Gasteiger partial charge in [0.1, 0.15) is 11.9 Å². The van der Waals surface area contributed by atoms with Crippen LogP contribution in [0.1, 0.15) is 31.7 Å². The summed E-state index contributed by atoms with van der Waals surface area (Å²) in [6.07, 6.45) is 5.62. The second-order valence-corrected chi connectivity index (χ2v) is 8.18. The number of rotatable bonds is 5. The van der Waals surface area contributed by atoms with Crippen LogP contribution in [0.2, 0.25) is 0 Å². The van der Waals surface area contributed by atoms with E-state index >= 15 is 0 Å². The highest BCUT2D eigenvalue weighted by atomic mass is 16.5. The zero-order chi connectivity index (χ0) is 20.3. The molecular formula is C23H29N3O3. The Hall–Kier alpha value is -2.44. The summed E-state index contributed by atoms with van der Waals surface area (Å²) in [4.78, 5) is 19.1. The summed E-state index contributed by atoms with van der Waals surface area (Å²) in [6, 6.07) is 11.9. The second-order valence-electron chi connectivity index (χ2n) is 8.18. The van der Waals surface area contributed by atoms with Gasteiger partial charge in [0.05, 0.1) is 24.6 Å². The molecule has 154 valence electrons. The first-order valence-electron chi connectivity index (χ1n) is 10.3. The minimum Gasteiger partial charge on any atom is -0.497 e. The topological polar surface area (TPSA) is 63.7 Å². The Bertz CT molecular complexity index is 844. The van der Waals surface area contributed by atoms with Crippen LogP contribution in [0.5, 0.6) is 5.75 Å². The van der Waals surface area contributed by atoms with Crippen molar-refractivity contribution in [2.45, 2.75) is 44.4 Å². The maximum Gasteiger partial charge on any atom is 0.253 e. The minimum atomic E-state index is -0.386. The van der Waals surface area contributed by atoms with E-state index in [9.17, 15) is 4.79 Å². The Balaban J connectivity index is 1.34. The molecule has 0 radical (unpaired) electrons. The smallest absolute Gasteiger partial charge is 0.253 e. The summed E-state index contributed by atoms with van der Waals surface area (Å²) in [5, 5.41) is 2.92. The monoisotopic (exact) mass is 395 g/mol. The lowest BCUT2D eigenvalue weighted by atomic mass is 9.80. The fraction of sp³-hybridized carbons (Fsp3) is 0.478. The Kier molecular flexibility index (Phi) is 5.83. The number of anilines is 1. The van der Waals surface area contributed by atoms with Crippen molar-refractivity contribution >= 4 is 11.6 Å². The fourth-order valence-corrected chi connectivity index (χ4v) is 4.58. The second kappa shape index (κ2) is 8.51. The molecule has 3 unspecified atom stereocenters. The molecule has 2 saturated heterocycles. The number of hydrogen-bond acceptors (Lipinski definition) is 5. The van der Waals surface area contributed by atoms with Gasteiger partial charge in [0.15, 0.2) is 0 Å². The summed E-state index contributed by atoms with van der Waals surface area (Å²) in [7, 11) is 1.70. The standard InChI is InChI=1S/C23H29N3O3/c1-17-15-26(16-18-5-3-7-20(13-18)28-2)12-10-23(17)9-8-21(29-23)22(27)25-19-6-4-11-24-14-19/h3-7,11,13-14,17,21H,8-10,12,15-16H2,1-2H3,(H,25,27). The highest BCUT2D eigenvalue weighted by molar-refractivity contribution is 5.94. The van der Waals surface area contributed by atoms with E-state index in [1.807, 2.05) is 24.3 Å².